The van der Waals surface area contributed by atoms with Crippen molar-refractivity contribution in [2.75, 3.05) is 10.2 Å². The summed E-state index contributed by atoms with van der Waals surface area (Å²) >= 11 is 8.86. The number of rotatable bonds is 10. The number of hydrogen-bond donors (Lipinski definition) is 1. The average Bonchev–Trinajstić information content (AvgIpc) is 1.56. The van der Waals surface area contributed by atoms with Crippen LogP contribution in [0.2, 0.25) is 0 Å². The van der Waals surface area contributed by atoms with E-state index in [1.807, 2.05) is 60.9 Å². The van der Waals surface area contributed by atoms with Crippen LogP contribution in [0.4, 0.5) is 28.6 Å². The van der Waals surface area contributed by atoms with Crippen LogP contribution in [0, 0.1) is 3.70 Å². The number of benzene rings is 15. The maximum absolute atomic E-state index is 6.32. The number of nitrogens with zero attached hydrogens (tertiary/aromatic N) is 4. The van der Waals surface area contributed by atoms with Gasteiger partial charge in [-0.3, -0.25) is 4.90 Å². The van der Waals surface area contributed by atoms with Crippen LogP contribution in [0.25, 0.3) is 109 Å². The lowest BCUT2D eigenvalue weighted by Gasteiger charge is -2.32. The molecule has 0 bridgehead atoms. The first kappa shape index (κ1) is 78.7. The summed E-state index contributed by atoms with van der Waals surface area (Å²) in [5, 5.41) is 19.7. The van der Waals surface area contributed by atoms with Crippen molar-refractivity contribution in [2.45, 2.75) is 96.7 Å². The second-order valence-electron chi connectivity index (χ2n) is 33.9. The van der Waals surface area contributed by atoms with Crippen molar-refractivity contribution < 1.29 is 9.31 Å². The second-order valence-corrected chi connectivity index (χ2v) is 36.7. The van der Waals surface area contributed by atoms with Crippen LogP contribution in [0.15, 0.2) is 361 Å². The number of halogens is 3. The number of hydrogen-bond acceptors (Lipinski definition) is 7. The molecule has 0 amide bonds. The van der Waals surface area contributed by atoms with Gasteiger partial charge in [0.05, 0.1) is 11.2 Å². The van der Waals surface area contributed by atoms with Crippen LogP contribution in [0.3, 0.4) is 0 Å². The smallest absolute Gasteiger partial charge is 0.399 e. The Morgan fingerprint density at radius 3 is 1.13 bits per heavy atom. The molecule has 11 heteroatoms. The standard InChI is InChI=1S/C40H30N2.C23H25BO2.C22H16BrN.C18H15N.C5H3BrIN/c1-40(2)35-15-9-12-29-16-17-30-24-32(25-36(40)39(30)38(29)35)31-20-23-37(41-26-31)42(33-13-7-4-8-14-33)34-21-18-28(19-22-34)27-10-5-3-6-11-27;1-21(2)17-9-7-8-14-10-11-15-12-16(13-18(21)20(15)19(14)17)24-25-22(3,4)23(5,6)26-24;1-22(2)17-5-3-4-13-6-7-14-10-16(11-18(22)21(14)20(13)17)15-8-9-19(23)24-12-15;1-3-7-15(8-4-1)16-11-13-18(14-12-16)19-17-9-5-2-6-10-17;6-4-1-2-5(7)8-3-4/h3-26H,1-2H3;7-13H,1-6H3;3-12H,1-2H3;1-14,19H;1-3H. The van der Waals surface area contributed by atoms with E-state index in [1.165, 1.54) is 131 Å². The zero-order valence-corrected chi connectivity index (χ0v) is 73.6. The van der Waals surface area contributed by atoms with E-state index in [4.69, 9.17) is 14.3 Å². The van der Waals surface area contributed by atoms with Gasteiger partial charge in [-0.05, 0) is 322 Å². The molecule has 1 saturated heterocycles. The molecule has 7 nitrogen and oxygen atoms in total. The predicted molar refractivity (Wildman–Crippen MR) is 517 cm³/mol. The summed E-state index contributed by atoms with van der Waals surface area (Å²) in [5.41, 5.74) is 22.9. The van der Waals surface area contributed by atoms with Gasteiger partial charge in [-0.1, -0.05) is 272 Å². The molecule has 1 fully saturated rings. The third-order valence-corrected chi connectivity index (χ3v) is 26.4. The summed E-state index contributed by atoms with van der Waals surface area (Å²) in [6.45, 7) is 22.4. The molecule has 3 aliphatic carbocycles. The molecule has 18 aromatic rings. The summed E-state index contributed by atoms with van der Waals surface area (Å²) in [5.74, 6) is 0.886. The molecule has 4 heterocycles. The van der Waals surface area contributed by atoms with Crippen LogP contribution in [0.5, 0.6) is 0 Å². The summed E-state index contributed by atoms with van der Waals surface area (Å²) in [6, 6.07) is 119. The minimum absolute atomic E-state index is 0.0128. The lowest BCUT2D eigenvalue weighted by molar-refractivity contribution is 0.00578. The zero-order valence-electron chi connectivity index (χ0n) is 68.3. The third-order valence-electron chi connectivity index (χ3n) is 24.8. The highest BCUT2D eigenvalue weighted by atomic mass is 127. The molecule has 22 rings (SSSR count). The van der Waals surface area contributed by atoms with Gasteiger partial charge in [0.1, 0.15) is 14.1 Å². The summed E-state index contributed by atoms with van der Waals surface area (Å²) in [7, 11) is -0.323. The number of pyridine rings is 3. The summed E-state index contributed by atoms with van der Waals surface area (Å²) < 4.78 is 15.6. The molecule has 119 heavy (non-hydrogen) atoms. The van der Waals surface area contributed by atoms with Crippen molar-refractivity contribution in [1.82, 2.24) is 15.0 Å². The quantitative estimate of drug-likeness (QED) is 0.0633. The van der Waals surface area contributed by atoms with Gasteiger partial charge < -0.3 is 14.6 Å². The molecule has 0 atom stereocenters. The van der Waals surface area contributed by atoms with E-state index < -0.39 is 0 Å². The molecule has 3 aromatic heterocycles. The van der Waals surface area contributed by atoms with Crippen LogP contribution >= 0.6 is 54.5 Å². The molecule has 0 spiro atoms. The van der Waals surface area contributed by atoms with Crippen molar-refractivity contribution in [1.29, 1.82) is 0 Å². The molecule has 4 aliphatic rings. The van der Waals surface area contributed by atoms with E-state index in [9.17, 15) is 0 Å². The fourth-order valence-electron chi connectivity index (χ4n) is 17.8. The first-order valence-corrected chi connectivity index (χ1v) is 43.3. The van der Waals surface area contributed by atoms with Crippen molar-refractivity contribution in [3.63, 3.8) is 0 Å². The topological polar surface area (TPSA) is 72.4 Å². The first-order valence-electron chi connectivity index (χ1n) is 40.7. The summed E-state index contributed by atoms with van der Waals surface area (Å²) in [4.78, 5) is 15.7. The first-order chi connectivity index (χ1) is 57.4. The Hall–Kier alpha value is -11.4. The van der Waals surface area contributed by atoms with Crippen molar-refractivity contribution in [2.24, 2.45) is 0 Å². The van der Waals surface area contributed by atoms with Gasteiger partial charge in [0, 0.05) is 73.2 Å². The Balaban J connectivity index is 0.000000110. The van der Waals surface area contributed by atoms with Gasteiger partial charge in [0.2, 0.25) is 0 Å². The Bertz CT molecular complexity index is 6820. The summed E-state index contributed by atoms with van der Waals surface area (Å²) in [6.07, 6.45) is 5.73. The fourth-order valence-corrected chi connectivity index (χ4v) is 18.5. The molecular formula is C108H89BBr2IN5O2. The SMILES string of the molecule is Brc1ccc(I)nc1.CC1(C)c2cccc3ccc4cc(-c5ccc(Br)nc5)cc1c4c23.CC1(C)c2cccc3ccc4cc(-c5ccc(N(c6ccccc6)c6ccc(-c7ccccc7)cc6)nc5)cc1c4c23.CC1(C)c2cccc3ccc4cc(B5OC(C)(C)C(C)(C)O5)cc1c4c23.c1ccc(Nc2ccc(-c3ccccc3)cc2)cc1. The van der Waals surface area contributed by atoms with Crippen molar-refractivity contribution in [3.8, 4) is 44.5 Å². The minimum atomic E-state index is -0.324. The van der Waals surface area contributed by atoms with Gasteiger partial charge in [-0.25, -0.2) is 15.0 Å². The monoisotopic (exact) mass is 1780 g/mol. The normalized spacial score (nSPS) is 14.7. The van der Waals surface area contributed by atoms with E-state index in [0.717, 1.165) is 57.9 Å². The lowest BCUT2D eigenvalue weighted by Crippen LogP contribution is -2.41. The predicted octanol–water partition coefficient (Wildman–Crippen LogP) is 29.8. The van der Waals surface area contributed by atoms with Gasteiger partial charge in [0.25, 0.3) is 0 Å². The van der Waals surface area contributed by atoms with E-state index >= 15 is 0 Å². The van der Waals surface area contributed by atoms with Gasteiger partial charge in [-0.2, -0.15) is 0 Å². The van der Waals surface area contributed by atoms with Crippen LogP contribution in [0.1, 0.15) is 103 Å². The van der Waals surface area contributed by atoms with Gasteiger partial charge in [-0.15, -0.1) is 0 Å². The van der Waals surface area contributed by atoms with Crippen molar-refractivity contribution in [3.05, 3.63) is 398 Å². The Labute approximate surface area is 728 Å². The minimum Gasteiger partial charge on any atom is -0.399 e. The van der Waals surface area contributed by atoms with Crippen molar-refractivity contribution >= 4 is 160 Å². The third kappa shape index (κ3) is 15.0. The highest BCUT2D eigenvalue weighted by molar-refractivity contribution is 14.1. The molecule has 15 aromatic carbocycles. The van der Waals surface area contributed by atoms with E-state index in [2.05, 4.69) is 429 Å². The highest BCUT2D eigenvalue weighted by Crippen LogP contribution is 2.53. The maximum atomic E-state index is 6.32. The zero-order chi connectivity index (χ0) is 82.1. The van der Waals surface area contributed by atoms with Crippen LogP contribution in [-0.4, -0.2) is 33.3 Å². The van der Waals surface area contributed by atoms with E-state index in [1.54, 1.807) is 6.20 Å². The Morgan fingerprint density at radius 2 is 0.689 bits per heavy atom. The largest absolute Gasteiger partial charge is 0.494 e. The molecular weight excluding hydrogens is 1700 g/mol. The maximum Gasteiger partial charge on any atom is 0.494 e. The number of aromatic nitrogens is 3. The second kappa shape index (κ2) is 31.7. The molecule has 1 aliphatic heterocycles. The van der Waals surface area contributed by atoms with Crippen LogP contribution in [-0.2, 0) is 25.6 Å². The molecule has 0 radical (unpaired) electrons. The van der Waals surface area contributed by atoms with E-state index in [-0.39, 0.29) is 34.6 Å². The van der Waals surface area contributed by atoms with E-state index in [0.29, 0.717) is 0 Å². The fraction of sp³-hybridized carbons (Fsp3) is 0.139. The Morgan fingerprint density at radius 1 is 0.303 bits per heavy atom. The number of nitrogens with one attached hydrogen (secondary N) is 1. The Kier molecular flexibility index (Phi) is 21.0. The highest BCUT2D eigenvalue weighted by Gasteiger charge is 2.52. The molecule has 1 N–H and O–H groups in total. The average molecular weight is 1790 g/mol. The van der Waals surface area contributed by atoms with Crippen LogP contribution < -0.4 is 15.7 Å². The number of para-hydroxylation sites is 2. The molecule has 582 valence electrons. The molecule has 0 saturated carbocycles. The van der Waals surface area contributed by atoms with Gasteiger partial charge in [0.15, 0.2) is 0 Å². The number of anilines is 5. The van der Waals surface area contributed by atoms with Gasteiger partial charge >= 0.3 is 7.12 Å². The molecule has 0 unspecified atom stereocenters. The lowest BCUT2D eigenvalue weighted by atomic mass is 9.74.